The van der Waals surface area contributed by atoms with Crippen molar-refractivity contribution < 1.29 is 18.0 Å². The quantitative estimate of drug-likeness (QED) is 0.673. The summed E-state index contributed by atoms with van der Waals surface area (Å²) in [6.45, 7) is 2.16. The summed E-state index contributed by atoms with van der Waals surface area (Å²) in [6.07, 6.45) is -3.29. The first-order valence-corrected chi connectivity index (χ1v) is 5.95. The molecule has 1 heterocycles. The van der Waals surface area contributed by atoms with Crippen molar-refractivity contribution in [3.63, 3.8) is 0 Å². The molecule has 6 nitrogen and oxygen atoms in total. The maximum Gasteiger partial charge on any atom is 0.433 e. The Morgan fingerprint density at radius 2 is 2.15 bits per heavy atom. The van der Waals surface area contributed by atoms with Crippen LogP contribution in [0.5, 0.6) is 0 Å². The third-order valence-electron chi connectivity index (χ3n) is 2.18. The minimum atomic E-state index is -4.51. The van der Waals surface area contributed by atoms with Crippen LogP contribution < -0.4 is 16.4 Å². The number of anilines is 1. The molecule has 1 rings (SSSR count). The van der Waals surface area contributed by atoms with Crippen LogP contribution in [-0.4, -0.2) is 35.0 Å². The van der Waals surface area contributed by atoms with E-state index in [1.54, 1.807) is 6.92 Å². The molecule has 0 fully saturated rings. The van der Waals surface area contributed by atoms with Crippen LogP contribution in [-0.2, 0) is 11.0 Å². The first-order chi connectivity index (χ1) is 9.29. The van der Waals surface area contributed by atoms with E-state index in [0.29, 0.717) is 0 Å². The Hall–Kier alpha value is -1.90. The Morgan fingerprint density at radius 1 is 1.45 bits per heavy atom. The molecule has 1 atom stereocenters. The summed E-state index contributed by atoms with van der Waals surface area (Å²) in [5.41, 5.74) is 4.43. The van der Waals surface area contributed by atoms with Crippen molar-refractivity contribution in [1.29, 1.82) is 0 Å². The molecule has 20 heavy (non-hydrogen) atoms. The highest BCUT2D eigenvalue weighted by molar-refractivity contribution is 5.76. The Morgan fingerprint density at radius 3 is 2.75 bits per heavy atom. The van der Waals surface area contributed by atoms with E-state index in [1.165, 1.54) is 0 Å². The summed E-state index contributed by atoms with van der Waals surface area (Å²) < 4.78 is 37.2. The van der Waals surface area contributed by atoms with Crippen LogP contribution in [0.3, 0.4) is 0 Å². The number of hydrogen-bond acceptors (Lipinski definition) is 5. The molecule has 0 radical (unpaired) electrons. The highest BCUT2D eigenvalue weighted by atomic mass is 19.4. The monoisotopic (exact) mass is 291 g/mol. The number of halogens is 3. The zero-order valence-electron chi connectivity index (χ0n) is 10.9. The minimum Gasteiger partial charge on any atom is -0.354 e. The molecule has 1 unspecified atom stereocenters. The van der Waals surface area contributed by atoms with Gasteiger partial charge in [0.05, 0.1) is 0 Å². The normalized spacial score (nSPS) is 12.8. The number of nitrogens with one attached hydrogen (secondary N) is 2. The average molecular weight is 291 g/mol. The maximum atomic E-state index is 12.4. The number of alkyl halides is 3. The van der Waals surface area contributed by atoms with Crippen LogP contribution in [0, 0.1) is 0 Å². The third-order valence-corrected chi connectivity index (χ3v) is 2.18. The minimum absolute atomic E-state index is 0.138. The number of aromatic nitrogens is 2. The lowest BCUT2D eigenvalue weighted by molar-refractivity contribution is -0.141. The highest BCUT2D eigenvalue weighted by Gasteiger charge is 2.32. The summed E-state index contributed by atoms with van der Waals surface area (Å²) in [6, 6.07) is 0.546. The predicted octanol–water partition coefficient (Wildman–Crippen LogP) is 0.761. The first kappa shape index (κ1) is 16.2. The standard InChI is InChI=1S/C11H16F3N5O/c1-7(15)6-9(20)16-4-5-18-10-17-3-2-8(19-10)11(12,13)14/h2-3,7H,4-6,15H2,1H3,(H,16,20)(H,17,18,19). The molecule has 0 saturated heterocycles. The summed E-state index contributed by atoms with van der Waals surface area (Å²) in [5.74, 6) is -0.354. The average Bonchev–Trinajstić information content (AvgIpc) is 2.33. The Kier molecular flexibility index (Phi) is 5.68. The number of amides is 1. The molecule has 1 aromatic heterocycles. The number of carbonyl (C=O) groups is 1. The van der Waals surface area contributed by atoms with Gasteiger partial charge in [-0.15, -0.1) is 0 Å². The maximum absolute atomic E-state index is 12.4. The fourth-order valence-electron chi connectivity index (χ4n) is 1.34. The van der Waals surface area contributed by atoms with E-state index in [1.807, 2.05) is 0 Å². The number of hydrogen-bond donors (Lipinski definition) is 3. The molecule has 0 aliphatic rings. The van der Waals surface area contributed by atoms with Crippen LogP contribution in [0.2, 0.25) is 0 Å². The van der Waals surface area contributed by atoms with Gasteiger partial charge in [-0.3, -0.25) is 4.79 Å². The molecule has 0 spiro atoms. The molecule has 112 valence electrons. The van der Waals surface area contributed by atoms with E-state index in [9.17, 15) is 18.0 Å². The highest BCUT2D eigenvalue weighted by Crippen LogP contribution is 2.27. The van der Waals surface area contributed by atoms with Crippen molar-refractivity contribution in [1.82, 2.24) is 15.3 Å². The molecule has 1 aromatic rings. The van der Waals surface area contributed by atoms with Crippen molar-refractivity contribution >= 4 is 11.9 Å². The molecular weight excluding hydrogens is 275 g/mol. The summed E-state index contributed by atoms with van der Waals surface area (Å²) in [5, 5.41) is 5.17. The Balaban J connectivity index is 2.38. The Labute approximate surface area is 114 Å². The van der Waals surface area contributed by atoms with Gasteiger partial charge >= 0.3 is 6.18 Å². The molecular formula is C11H16F3N5O. The second-order valence-electron chi connectivity index (χ2n) is 4.22. The van der Waals surface area contributed by atoms with Gasteiger partial charge < -0.3 is 16.4 Å². The van der Waals surface area contributed by atoms with E-state index < -0.39 is 11.9 Å². The van der Waals surface area contributed by atoms with Gasteiger partial charge in [0, 0.05) is 31.7 Å². The van der Waals surface area contributed by atoms with Crippen LogP contribution in [0.4, 0.5) is 19.1 Å². The zero-order valence-corrected chi connectivity index (χ0v) is 10.9. The van der Waals surface area contributed by atoms with Gasteiger partial charge in [-0.2, -0.15) is 13.2 Å². The molecule has 1 amide bonds. The van der Waals surface area contributed by atoms with Crippen LogP contribution in [0.15, 0.2) is 12.3 Å². The third kappa shape index (κ3) is 5.83. The lowest BCUT2D eigenvalue weighted by atomic mass is 10.2. The summed E-state index contributed by atoms with van der Waals surface area (Å²) in [7, 11) is 0. The van der Waals surface area contributed by atoms with E-state index in [-0.39, 0.29) is 37.4 Å². The molecule has 0 saturated carbocycles. The molecule has 9 heteroatoms. The van der Waals surface area contributed by atoms with Crippen LogP contribution >= 0.6 is 0 Å². The van der Waals surface area contributed by atoms with Crippen molar-refractivity contribution in [2.45, 2.75) is 25.6 Å². The molecule has 0 aromatic carbocycles. The van der Waals surface area contributed by atoms with Crippen molar-refractivity contribution in [3.05, 3.63) is 18.0 Å². The number of nitrogens with zero attached hydrogens (tertiary/aromatic N) is 2. The molecule has 4 N–H and O–H groups in total. The Bertz CT molecular complexity index is 450. The van der Waals surface area contributed by atoms with Gasteiger partial charge in [0.25, 0.3) is 0 Å². The fraction of sp³-hybridized carbons (Fsp3) is 0.545. The van der Waals surface area contributed by atoms with Crippen LogP contribution in [0.1, 0.15) is 19.0 Å². The second-order valence-corrected chi connectivity index (χ2v) is 4.22. The summed E-state index contributed by atoms with van der Waals surface area (Å²) in [4.78, 5) is 18.2. The summed E-state index contributed by atoms with van der Waals surface area (Å²) >= 11 is 0. The zero-order chi connectivity index (χ0) is 15.2. The topological polar surface area (TPSA) is 92.9 Å². The largest absolute Gasteiger partial charge is 0.433 e. The molecule has 0 aliphatic heterocycles. The van der Waals surface area contributed by atoms with Gasteiger partial charge in [0.1, 0.15) is 5.69 Å². The number of rotatable bonds is 6. The van der Waals surface area contributed by atoms with Crippen molar-refractivity contribution in [3.8, 4) is 0 Å². The van der Waals surface area contributed by atoms with E-state index in [4.69, 9.17) is 5.73 Å². The number of nitrogens with two attached hydrogens (primary N) is 1. The molecule has 0 aliphatic carbocycles. The number of carbonyl (C=O) groups excluding carboxylic acids is 1. The molecule has 0 bridgehead atoms. The van der Waals surface area contributed by atoms with Gasteiger partial charge in [-0.05, 0) is 13.0 Å². The van der Waals surface area contributed by atoms with Crippen molar-refractivity contribution in [2.75, 3.05) is 18.4 Å². The fourth-order valence-corrected chi connectivity index (χ4v) is 1.34. The van der Waals surface area contributed by atoms with Crippen molar-refractivity contribution in [2.24, 2.45) is 5.73 Å². The van der Waals surface area contributed by atoms with Gasteiger partial charge in [-0.25, -0.2) is 9.97 Å². The van der Waals surface area contributed by atoms with E-state index in [2.05, 4.69) is 20.6 Å². The smallest absolute Gasteiger partial charge is 0.354 e. The first-order valence-electron chi connectivity index (χ1n) is 5.95. The van der Waals surface area contributed by atoms with Gasteiger partial charge in [-0.1, -0.05) is 0 Å². The van der Waals surface area contributed by atoms with E-state index >= 15 is 0 Å². The second kappa shape index (κ2) is 7.04. The lowest BCUT2D eigenvalue weighted by Gasteiger charge is -2.09. The lowest BCUT2D eigenvalue weighted by Crippen LogP contribution is -2.33. The predicted molar refractivity (Wildman–Crippen MR) is 66.8 cm³/mol. The SMILES string of the molecule is CC(N)CC(=O)NCCNc1nccc(C(F)(F)F)n1. The van der Waals surface area contributed by atoms with Gasteiger partial charge in [0.2, 0.25) is 11.9 Å². The van der Waals surface area contributed by atoms with Gasteiger partial charge in [0.15, 0.2) is 0 Å². The van der Waals surface area contributed by atoms with E-state index in [0.717, 1.165) is 12.3 Å². The van der Waals surface area contributed by atoms with Crippen LogP contribution in [0.25, 0.3) is 0 Å².